The molecule has 3 aliphatic heterocycles. The molecule has 0 bridgehead atoms. The third-order valence-corrected chi connectivity index (χ3v) is 17.2. The fraction of sp³-hybridized carbons (Fsp3) is 0.984. The largest absolute Gasteiger partial charge is 0.394 e. The van der Waals surface area contributed by atoms with Gasteiger partial charge in [-0.1, -0.05) is 245 Å². The van der Waals surface area contributed by atoms with Crippen molar-refractivity contribution in [1.29, 1.82) is 0 Å². The zero-order valence-electron chi connectivity index (χ0n) is 51.0. The minimum absolute atomic E-state index is 0.237. The van der Waals surface area contributed by atoms with E-state index >= 15 is 0 Å². The summed E-state index contributed by atoms with van der Waals surface area (Å²) in [5.74, 6) is -0.237. The van der Waals surface area contributed by atoms with Gasteiger partial charge in [0.2, 0.25) is 5.91 Å². The lowest BCUT2D eigenvalue weighted by Gasteiger charge is -2.48. The van der Waals surface area contributed by atoms with Gasteiger partial charge in [-0.3, -0.25) is 4.79 Å². The number of ether oxygens (including phenoxy) is 6. The maximum absolute atomic E-state index is 13.4. The highest BCUT2D eigenvalue weighted by molar-refractivity contribution is 5.76. The van der Waals surface area contributed by atoms with Crippen LogP contribution in [0, 0.1) is 0 Å². The lowest BCUT2D eigenvalue weighted by Crippen LogP contribution is -2.66. The van der Waals surface area contributed by atoms with Gasteiger partial charge in [0.1, 0.15) is 73.2 Å². The first-order valence-electron chi connectivity index (χ1n) is 33.3. The molecule has 3 aliphatic rings. The van der Waals surface area contributed by atoms with Gasteiger partial charge >= 0.3 is 0 Å². The van der Waals surface area contributed by atoms with Gasteiger partial charge in [-0.05, 0) is 12.8 Å². The van der Waals surface area contributed by atoms with Gasteiger partial charge in [-0.15, -0.1) is 0 Å². The van der Waals surface area contributed by atoms with Gasteiger partial charge in [-0.2, -0.15) is 0 Å². The smallest absolute Gasteiger partial charge is 0.220 e. The molecule has 0 aromatic heterocycles. The third-order valence-electron chi connectivity index (χ3n) is 17.2. The number of hydrogen-bond acceptors (Lipinski definition) is 18. The quantitative estimate of drug-likeness (QED) is 0.0262. The standard InChI is InChI=1S/C63H121NO18/c1-3-5-7-9-11-13-15-17-19-21-23-24-26-28-30-32-34-36-38-40-47(68)46(64-51(69)41-39-37-35-33-31-29-27-25-22-20-18-16-14-12-10-8-6-4-2)45-77-61-57(75)54(72)59(49(43-66)79-61)82-63-58(76)55(73)60(50(44-67)80-63)81-62-56(74)53(71)52(70)48(42-65)78-62/h46-50,52-63,65-68,70-76H,3-45H2,1-2H3,(H,64,69). The first-order valence-corrected chi connectivity index (χ1v) is 33.3. The van der Waals surface area contributed by atoms with E-state index in [-0.39, 0.29) is 18.9 Å². The summed E-state index contributed by atoms with van der Waals surface area (Å²) in [6, 6.07) is -0.881. The predicted molar refractivity (Wildman–Crippen MR) is 314 cm³/mol. The molecule has 19 heteroatoms. The van der Waals surface area contributed by atoms with Crippen LogP contribution >= 0.6 is 0 Å². The van der Waals surface area contributed by atoms with Crippen LogP contribution in [-0.2, 0) is 33.2 Å². The highest BCUT2D eigenvalue weighted by Gasteiger charge is 2.53. The topological polar surface area (TPSA) is 307 Å². The Morgan fingerprint density at radius 2 is 0.695 bits per heavy atom. The Hall–Kier alpha value is -1.21. The summed E-state index contributed by atoms with van der Waals surface area (Å²) < 4.78 is 34.4. The van der Waals surface area contributed by atoms with Gasteiger partial charge in [-0.25, -0.2) is 0 Å². The first kappa shape index (κ1) is 75.0. The molecule has 0 saturated carbocycles. The second-order valence-electron chi connectivity index (χ2n) is 24.3. The monoisotopic (exact) mass is 1180 g/mol. The van der Waals surface area contributed by atoms with Gasteiger partial charge < -0.3 is 89.9 Å². The Labute approximate surface area is 493 Å². The third kappa shape index (κ3) is 29.7. The van der Waals surface area contributed by atoms with Crippen molar-refractivity contribution in [1.82, 2.24) is 5.32 Å². The van der Waals surface area contributed by atoms with Crippen LogP contribution in [0.2, 0.25) is 0 Å². The number of aliphatic hydroxyl groups excluding tert-OH is 11. The van der Waals surface area contributed by atoms with Crippen LogP contribution in [0.25, 0.3) is 0 Å². The van der Waals surface area contributed by atoms with Crippen molar-refractivity contribution >= 4 is 5.91 Å². The molecule has 3 saturated heterocycles. The molecule has 17 atom stereocenters. The molecule has 0 radical (unpaired) electrons. The van der Waals surface area contributed by atoms with E-state index in [0.29, 0.717) is 12.8 Å². The number of carbonyl (C=O) groups is 1. The number of rotatable bonds is 51. The van der Waals surface area contributed by atoms with Crippen molar-refractivity contribution in [2.24, 2.45) is 0 Å². The summed E-state index contributed by atoms with van der Waals surface area (Å²) in [4.78, 5) is 13.4. The lowest BCUT2D eigenvalue weighted by atomic mass is 9.96. The number of carbonyl (C=O) groups excluding carboxylic acids is 1. The number of hydrogen-bond donors (Lipinski definition) is 12. The van der Waals surface area contributed by atoms with Crippen LogP contribution in [0.5, 0.6) is 0 Å². The van der Waals surface area contributed by atoms with E-state index in [0.717, 1.165) is 44.9 Å². The number of amides is 1. The first-order chi connectivity index (χ1) is 39.8. The molecule has 486 valence electrons. The maximum Gasteiger partial charge on any atom is 0.220 e. The second kappa shape index (κ2) is 46.9. The van der Waals surface area contributed by atoms with Crippen molar-refractivity contribution in [3.8, 4) is 0 Å². The fourth-order valence-electron chi connectivity index (χ4n) is 11.7. The Morgan fingerprint density at radius 1 is 0.390 bits per heavy atom. The van der Waals surface area contributed by atoms with E-state index in [9.17, 15) is 61.0 Å². The number of unbranched alkanes of at least 4 members (excludes halogenated alkanes) is 35. The fourth-order valence-corrected chi connectivity index (χ4v) is 11.7. The van der Waals surface area contributed by atoms with Gasteiger partial charge in [0, 0.05) is 6.42 Å². The zero-order valence-corrected chi connectivity index (χ0v) is 51.0. The van der Waals surface area contributed by atoms with Crippen molar-refractivity contribution in [3.05, 3.63) is 0 Å². The van der Waals surface area contributed by atoms with Crippen molar-refractivity contribution in [3.63, 3.8) is 0 Å². The Balaban J connectivity index is 1.46. The second-order valence-corrected chi connectivity index (χ2v) is 24.3. The average molecular weight is 1180 g/mol. The van der Waals surface area contributed by atoms with E-state index in [1.54, 1.807) is 0 Å². The lowest BCUT2D eigenvalue weighted by molar-refractivity contribution is -0.379. The van der Waals surface area contributed by atoms with Gasteiger partial charge in [0.25, 0.3) is 0 Å². The van der Waals surface area contributed by atoms with Crippen LogP contribution in [0.4, 0.5) is 0 Å². The Bertz CT molecular complexity index is 1500. The van der Waals surface area contributed by atoms with Crippen LogP contribution in [0.15, 0.2) is 0 Å². The maximum atomic E-state index is 13.4. The Kier molecular flexibility index (Phi) is 42.9. The highest BCUT2D eigenvalue weighted by atomic mass is 16.8. The molecule has 0 aromatic rings. The van der Waals surface area contributed by atoms with Crippen LogP contribution in [0.3, 0.4) is 0 Å². The normalized spacial score (nSPS) is 29.5. The van der Waals surface area contributed by atoms with Crippen molar-refractivity contribution < 1.29 is 89.4 Å². The van der Waals surface area contributed by atoms with Crippen LogP contribution < -0.4 is 5.32 Å². The van der Waals surface area contributed by atoms with E-state index in [4.69, 9.17) is 28.4 Å². The number of aliphatic hydroxyl groups is 11. The molecule has 12 N–H and O–H groups in total. The van der Waals surface area contributed by atoms with Gasteiger partial charge in [0.15, 0.2) is 18.9 Å². The van der Waals surface area contributed by atoms with E-state index in [1.165, 1.54) is 186 Å². The molecule has 3 heterocycles. The molecule has 0 aromatic carbocycles. The highest BCUT2D eigenvalue weighted by Crippen LogP contribution is 2.33. The molecule has 0 spiro atoms. The zero-order chi connectivity index (χ0) is 59.7. The molecule has 0 aliphatic carbocycles. The summed E-state index contributed by atoms with van der Waals surface area (Å²) in [5, 5.41) is 121. The summed E-state index contributed by atoms with van der Waals surface area (Å²) in [7, 11) is 0. The van der Waals surface area contributed by atoms with E-state index < -0.39 is 124 Å². The van der Waals surface area contributed by atoms with E-state index in [1.807, 2.05) is 0 Å². The number of nitrogens with one attached hydrogen (secondary N) is 1. The summed E-state index contributed by atoms with van der Waals surface area (Å²) in [5.41, 5.74) is 0. The van der Waals surface area contributed by atoms with Crippen LogP contribution in [-0.4, -0.2) is 193 Å². The summed E-state index contributed by atoms with van der Waals surface area (Å²) in [6.07, 6.45) is 20.3. The average Bonchev–Trinajstić information content (AvgIpc) is 3.17. The summed E-state index contributed by atoms with van der Waals surface area (Å²) in [6.45, 7) is 1.83. The predicted octanol–water partition coefficient (Wildman–Crippen LogP) is 7.55. The summed E-state index contributed by atoms with van der Waals surface area (Å²) >= 11 is 0. The molecule has 17 unspecified atom stereocenters. The molecular weight excluding hydrogens is 1060 g/mol. The molecular formula is C63H121NO18. The van der Waals surface area contributed by atoms with Gasteiger partial charge in [0.05, 0.1) is 38.6 Å². The molecule has 1 amide bonds. The molecule has 82 heavy (non-hydrogen) atoms. The van der Waals surface area contributed by atoms with Crippen LogP contribution in [0.1, 0.15) is 264 Å². The Morgan fingerprint density at radius 3 is 1.06 bits per heavy atom. The van der Waals surface area contributed by atoms with E-state index in [2.05, 4.69) is 19.2 Å². The minimum atomic E-state index is -1.97. The molecule has 3 fully saturated rings. The van der Waals surface area contributed by atoms with Crippen molar-refractivity contribution in [2.45, 2.75) is 369 Å². The SMILES string of the molecule is CCCCCCCCCCCCCCCCCCCCCC(O)C(COC1OC(CO)C(OC2OC(CO)C(OC3OC(CO)C(O)C(O)C3O)C(O)C2O)C(O)C1O)NC(=O)CCCCCCCCCCCCCCCCCCCC. The molecule has 19 nitrogen and oxygen atoms in total. The molecule has 3 rings (SSSR count). The minimum Gasteiger partial charge on any atom is -0.394 e. The van der Waals surface area contributed by atoms with Crippen molar-refractivity contribution in [2.75, 3.05) is 26.4 Å².